The van der Waals surface area contributed by atoms with Crippen molar-refractivity contribution in [3.8, 4) is 17.2 Å². The topological polar surface area (TPSA) is 48.7 Å². The summed E-state index contributed by atoms with van der Waals surface area (Å²) in [6.45, 7) is 3.91. The van der Waals surface area contributed by atoms with Crippen LogP contribution < -0.4 is 14.9 Å². The minimum absolute atomic E-state index is 0.0257. The molecule has 0 aliphatic carbocycles. The van der Waals surface area contributed by atoms with E-state index in [4.69, 9.17) is 13.9 Å². The van der Waals surface area contributed by atoms with Gasteiger partial charge in [-0.15, -0.1) is 0 Å². The van der Waals surface area contributed by atoms with Gasteiger partial charge >= 0.3 is 6.18 Å². The van der Waals surface area contributed by atoms with Gasteiger partial charge in [0, 0.05) is 6.07 Å². The summed E-state index contributed by atoms with van der Waals surface area (Å²) in [5, 5.41) is 0.0257. The van der Waals surface area contributed by atoms with E-state index in [1.807, 2.05) is 6.92 Å². The third kappa shape index (κ3) is 3.92. The number of aryl methyl sites for hydroxylation is 1. The first-order valence-electron chi connectivity index (χ1n) is 8.35. The third-order valence-electron chi connectivity index (χ3n) is 3.82. The van der Waals surface area contributed by atoms with Gasteiger partial charge in [-0.3, -0.25) is 4.79 Å². The Morgan fingerprint density at radius 3 is 2.41 bits per heavy atom. The minimum atomic E-state index is -4.90. The summed E-state index contributed by atoms with van der Waals surface area (Å²) in [5.74, 6) is -1.91. The Labute approximate surface area is 153 Å². The zero-order valence-electron chi connectivity index (χ0n) is 14.7. The van der Waals surface area contributed by atoms with Crippen molar-refractivity contribution in [1.29, 1.82) is 0 Å². The van der Waals surface area contributed by atoms with Gasteiger partial charge in [-0.1, -0.05) is 25.1 Å². The molecule has 0 aliphatic heterocycles. The van der Waals surface area contributed by atoms with Gasteiger partial charge in [-0.2, -0.15) is 13.2 Å². The van der Waals surface area contributed by atoms with E-state index in [-0.39, 0.29) is 16.7 Å². The van der Waals surface area contributed by atoms with Crippen molar-refractivity contribution in [3.05, 3.63) is 64.0 Å². The average molecular weight is 378 g/mol. The van der Waals surface area contributed by atoms with Crippen molar-refractivity contribution in [2.24, 2.45) is 0 Å². The lowest BCUT2D eigenvalue weighted by Gasteiger charge is -2.15. The quantitative estimate of drug-likeness (QED) is 0.571. The lowest BCUT2D eigenvalue weighted by atomic mass is 10.1. The van der Waals surface area contributed by atoms with Gasteiger partial charge in [0.15, 0.2) is 0 Å². The lowest BCUT2D eigenvalue weighted by molar-refractivity contribution is -0.154. The second-order valence-corrected chi connectivity index (χ2v) is 5.96. The Morgan fingerprint density at radius 2 is 1.78 bits per heavy atom. The molecule has 0 radical (unpaired) electrons. The van der Waals surface area contributed by atoms with Crippen LogP contribution in [0.5, 0.6) is 17.2 Å². The predicted molar refractivity (Wildman–Crippen MR) is 94.5 cm³/mol. The molecule has 3 rings (SSSR count). The van der Waals surface area contributed by atoms with Crippen LogP contribution in [-0.2, 0) is 6.18 Å². The summed E-state index contributed by atoms with van der Waals surface area (Å²) < 4.78 is 56.4. The molecule has 3 aromatic rings. The maximum atomic E-state index is 13.5. The fourth-order valence-corrected chi connectivity index (χ4v) is 2.66. The van der Waals surface area contributed by atoms with Crippen LogP contribution >= 0.6 is 0 Å². The highest BCUT2D eigenvalue weighted by molar-refractivity contribution is 5.83. The molecule has 0 atom stereocenters. The smallest absolute Gasteiger partial charge is 0.453 e. The third-order valence-corrected chi connectivity index (χ3v) is 3.82. The van der Waals surface area contributed by atoms with Crippen LogP contribution in [0, 0.1) is 6.92 Å². The first-order valence-corrected chi connectivity index (χ1v) is 8.35. The van der Waals surface area contributed by atoms with Gasteiger partial charge in [-0.05, 0) is 37.1 Å². The van der Waals surface area contributed by atoms with E-state index in [0.717, 1.165) is 6.42 Å². The summed E-state index contributed by atoms with van der Waals surface area (Å²) in [7, 11) is 0. The van der Waals surface area contributed by atoms with E-state index >= 15 is 0 Å². The molecule has 1 heterocycles. The van der Waals surface area contributed by atoms with E-state index in [0.29, 0.717) is 17.9 Å². The van der Waals surface area contributed by atoms with Gasteiger partial charge < -0.3 is 13.9 Å². The molecule has 142 valence electrons. The molecule has 0 N–H and O–H groups in total. The highest BCUT2D eigenvalue weighted by Gasteiger charge is 2.40. The molecule has 0 bridgehead atoms. The maximum Gasteiger partial charge on any atom is 0.453 e. The molecule has 7 heteroatoms. The Morgan fingerprint density at radius 1 is 1.07 bits per heavy atom. The summed E-state index contributed by atoms with van der Waals surface area (Å²) in [6.07, 6.45) is -4.16. The summed E-state index contributed by atoms with van der Waals surface area (Å²) in [5.41, 5.74) is -0.634. The number of para-hydroxylation sites is 1. The molecule has 0 saturated carbocycles. The standard InChI is InChI=1S/C20H17F3O4/c1-3-9-25-14-10-12(2)16-15(11-14)27-19(20(21,22)23)18(17(16)24)26-13-7-5-4-6-8-13/h4-8,10-11H,3,9H2,1-2H3. The summed E-state index contributed by atoms with van der Waals surface area (Å²) >= 11 is 0. The first kappa shape index (κ1) is 18.8. The van der Waals surface area contributed by atoms with Crippen molar-refractivity contribution in [3.63, 3.8) is 0 Å². The van der Waals surface area contributed by atoms with Crippen LogP contribution in [0.3, 0.4) is 0 Å². The molecule has 4 nitrogen and oxygen atoms in total. The minimum Gasteiger partial charge on any atom is -0.493 e. The number of alkyl halides is 3. The highest BCUT2D eigenvalue weighted by Crippen LogP contribution is 2.39. The van der Waals surface area contributed by atoms with Gasteiger partial charge in [0.05, 0.1) is 12.0 Å². The Kier molecular flexibility index (Phi) is 5.12. The van der Waals surface area contributed by atoms with Gasteiger partial charge in [0.25, 0.3) is 5.76 Å². The van der Waals surface area contributed by atoms with E-state index < -0.39 is 23.1 Å². The zero-order valence-corrected chi connectivity index (χ0v) is 14.7. The Hall–Kier alpha value is -2.96. The fourth-order valence-electron chi connectivity index (χ4n) is 2.66. The molecule has 0 spiro atoms. The molecule has 0 aliphatic rings. The number of benzene rings is 2. The zero-order chi connectivity index (χ0) is 19.6. The van der Waals surface area contributed by atoms with Crippen molar-refractivity contribution in [2.45, 2.75) is 26.4 Å². The largest absolute Gasteiger partial charge is 0.493 e. The molecule has 1 aromatic heterocycles. The van der Waals surface area contributed by atoms with Crippen molar-refractivity contribution >= 4 is 11.0 Å². The van der Waals surface area contributed by atoms with Crippen molar-refractivity contribution in [2.75, 3.05) is 6.61 Å². The van der Waals surface area contributed by atoms with E-state index in [9.17, 15) is 18.0 Å². The number of halogens is 3. The summed E-state index contributed by atoms with van der Waals surface area (Å²) in [6, 6.07) is 10.7. The average Bonchev–Trinajstić information content (AvgIpc) is 2.61. The Bertz CT molecular complexity index is 1010. The van der Waals surface area contributed by atoms with Gasteiger partial charge in [0.1, 0.15) is 17.1 Å². The normalized spacial score (nSPS) is 11.6. The molecular formula is C20H17F3O4. The number of hydrogen-bond donors (Lipinski definition) is 0. The molecule has 27 heavy (non-hydrogen) atoms. The Balaban J connectivity index is 2.23. The maximum absolute atomic E-state index is 13.5. The van der Waals surface area contributed by atoms with Crippen LogP contribution in [0.25, 0.3) is 11.0 Å². The van der Waals surface area contributed by atoms with Crippen LogP contribution in [-0.4, -0.2) is 6.61 Å². The van der Waals surface area contributed by atoms with Crippen LogP contribution in [0.4, 0.5) is 13.2 Å². The monoisotopic (exact) mass is 378 g/mol. The van der Waals surface area contributed by atoms with Crippen LogP contribution in [0.1, 0.15) is 24.7 Å². The van der Waals surface area contributed by atoms with E-state index in [1.54, 1.807) is 31.2 Å². The summed E-state index contributed by atoms with van der Waals surface area (Å²) in [4.78, 5) is 12.8. The van der Waals surface area contributed by atoms with Crippen molar-refractivity contribution < 1.29 is 27.1 Å². The molecule has 0 saturated heterocycles. The van der Waals surface area contributed by atoms with Crippen LogP contribution in [0.2, 0.25) is 0 Å². The van der Waals surface area contributed by atoms with E-state index in [1.165, 1.54) is 18.2 Å². The van der Waals surface area contributed by atoms with Crippen LogP contribution in [0.15, 0.2) is 51.7 Å². The molecule has 0 unspecified atom stereocenters. The highest BCUT2D eigenvalue weighted by atomic mass is 19.4. The number of ether oxygens (including phenoxy) is 2. The fraction of sp³-hybridized carbons (Fsp3) is 0.250. The number of hydrogen-bond acceptors (Lipinski definition) is 4. The predicted octanol–water partition coefficient (Wildman–Crippen LogP) is 5.70. The van der Waals surface area contributed by atoms with Gasteiger partial charge in [0.2, 0.25) is 11.2 Å². The SMILES string of the molecule is CCCOc1cc(C)c2c(=O)c(Oc3ccccc3)c(C(F)(F)F)oc2c1. The second kappa shape index (κ2) is 7.34. The lowest BCUT2D eigenvalue weighted by Crippen LogP contribution is -2.16. The second-order valence-electron chi connectivity index (χ2n) is 5.96. The molecule has 2 aromatic carbocycles. The molecule has 0 fully saturated rings. The first-order chi connectivity index (χ1) is 12.8. The number of fused-ring (bicyclic) bond motifs is 1. The van der Waals surface area contributed by atoms with Crippen molar-refractivity contribution in [1.82, 2.24) is 0 Å². The number of rotatable bonds is 5. The molecule has 0 amide bonds. The van der Waals surface area contributed by atoms with E-state index in [2.05, 4.69) is 0 Å². The molecular weight excluding hydrogens is 361 g/mol. The van der Waals surface area contributed by atoms with Gasteiger partial charge in [-0.25, -0.2) is 0 Å².